The topological polar surface area (TPSA) is 21.3 Å². The molecule has 1 N–H and O–H groups in total. The summed E-state index contributed by atoms with van der Waals surface area (Å²) in [5.74, 6) is 0. The minimum absolute atomic E-state index is 0.155. The van der Waals surface area contributed by atoms with E-state index < -0.39 is 12.8 Å². The van der Waals surface area contributed by atoms with Crippen molar-refractivity contribution in [2.45, 2.75) is 52.6 Å². The van der Waals surface area contributed by atoms with Crippen LogP contribution in [0.5, 0.6) is 0 Å². The maximum Gasteiger partial charge on any atom is 0.411 e. The molecule has 0 aromatic heterocycles. The van der Waals surface area contributed by atoms with Crippen molar-refractivity contribution >= 4 is 0 Å². The number of ether oxygens (including phenoxy) is 1. The van der Waals surface area contributed by atoms with Crippen LogP contribution in [0.2, 0.25) is 0 Å². The van der Waals surface area contributed by atoms with Gasteiger partial charge in [0.25, 0.3) is 0 Å². The summed E-state index contributed by atoms with van der Waals surface area (Å²) >= 11 is 0. The van der Waals surface area contributed by atoms with Gasteiger partial charge < -0.3 is 10.1 Å². The Kier molecular flexibility index (Phi) is 8.61. The van der Waals surface area contributed by atoms with Crippen molar-refractivity contribution in [3.8, 4) is 0 Å². The molecule has 0 saturated heterocycles. The van der Waals surface area contributed by atoms with E-state index in [9.17, 15) is 13.2 Å². The van der Waals surface area contributed by atoms with Crippen molar-refractivity contribution in [3.05, 3.63) is 0 Å². The third-order valence-electron chi connectivity index (χ3n) is 2.81. The fourth-order valence-electron chi connectivity index (χ4n) is 1.69. The molecule has 0 aromatic rings. The highest BCUT2D eigenvalue weighted by Gasteiger charge is 2.27. The molecule has 0 atom stereocenters. The fraction of sp³-hybridized carbons (Fsp3) is 1.00. The van der Waals surface area contributed by atoms with E-state index in [1.165, 1.54) is 0 Å². The zero-order valence-corrected chi connectivity index (χ0v) is 11.7. The Morgan fingerprint density at radius 3 is 2.28 bits per heavy atom. The zero-order valence-electron chi connectivity index (χ0n) is 11.7. The summed E-state index contributed by atoms with van der Waals surface area (Å²) in [6.07, 6.45) is -0.493. The summed E-state index contributed by atoms with van der Waals surface area (Å²) in [6, 6.07) is 0. The standard InChI is InChI=1S/C13H26F3NO/c1-4-8-17-9-7-12(2,3)6-5-10-18-11-13(14,15)16/h17H,4-11H2,1-3H3. The van der Waals surface area contributed by atoms with Crippen molar-refractivity contribution in [3.63, 3.8) is 0 Å². The van der Waals surface area contributed by atoms with Crippen LogP contribution in [0.1, 0.15) is 46.5 Å². The van der Waals surface area contributed by atoms with Gasteiger partial charge in [-0.05, 0) is 44.2 Å². The molecule has 0 bridgehead atoms. The smallest absolute Gasteiger partial charge is 0.372 e. The van der Waals surface area contributed by atoms with Crippen LogP contribution in [0.25, 0.3) is 0 Å². The Labute approximate surface area is 108 Å². The van der Waals surface area contributed by atoms with Crippen LogP contribution in [-0.2, 0) is 4.74 Å². The highest BCUT2D eigenvalue weighted by Crippen LogP contribution is 2.26. The quantitative estimate of drug-likeness (QED) is 0.610. The van der Waals surface area contributed by atoms with E-state index in [0.29, 0.717) is 6.42 Å². The van der Waals surface area contributed by atoms with Gasteiger partial charge in [0.2, 0.25) is 0 Å². The molecule has 0 rings (SSSR count). The summed E-state index contributed by atoms with van der Waals surface area (Å²) in [5, 5.41) is 3.33. The van der Waals surface area contributed by atoms with Crippen LogP contribution in [0, 0.1) is 5.41 Å². The van der Waals surface area contributed by atoms with Crippen LogP contribution in [-0.4, -0.2) is 32.5 Å². The number of rotatable bonds is 10. The van der Waals surface area contributed by atoms with E-state index in [2.05, 4.69) is 30.8 Å². The summed E-state index contributed by atoms with van der Waals surface area (Å²) in [4.78, 5) is 0. The number of halogens is 3. The lowest BCUT2D eigenvalue weighted by atomic mass is 9.84. The van der Waals surface area contributed by atoms with E-state index in [4.69, 9.17) is 0 Å². The molecule has 0 unspecified atom stereocenters. The predicted molar refractivity (Wildman–Crippen MR) is 67.7 cm³/mol. The second-order valence-electron chi connectivity index (χ2n) is 5.44. The van der Waals surface area contributed by atoms with Gasteiger partial charge in [-0.2, -0.15) is 13.2 Å². The lowest BCUT2D eigenvalue weighted by Crippen LogP contribution is -2.23. The number of hydrogen-bond acceptors (Lipinski definition) is 2. The van der Waals surface area contributed by atoms with Crippen LogP contribution < -0.4 is 5.32 Å². The lowest BCUT2D eigenvalue weighted by molar-refractivity contribution is -0.174. The predicted octanol–water partition coefficient (Wildman–Crippen LogP) is 3.76. The maximum absolute atomic E-state index is 11.8. The van der Waals surface area contributed by atoms with Gasteiger partial charge in [0.05, 0.1) is 0 Å². The Balaban J connectivity index is 3.52. The summed E-state index contributed by atoms with van der Waals surface area (Å²) in [6.45, 7) is 7.44. The molecule has 0 heterocycles. The van der Waals surface area contributed by atoms with E-state index in [1.807, 2.05) is 0 Å². The minimum Gasteiger partial charge on any atom is -0.372 e. The average molecular weight is 269 g/mol. The molecule has 0 amide bonds. The van der Waals surface area contributed by atoms with Gasteiger partial charge in [0.15, 0.2) is 0 Å². The van der Waals surface area contributed by atoms with Gasteiger partial charge in [-0.25, -0.2) is 0 Å². The van der Waals surface area contributed by atoms with Gasteiger partial charge in [-0.1, -0.05) is 20.8 Å². The molecule has 0 spiro atoms. The largest absolute Gasteiger partial charge is 0.411 e. The molecule has 5 heteroatoms. The highest BCUT2D eigenvalue weighted by molar-refractivity contribution is 4.69. The molecule has 0 aliphatic heterocycles. The van der Waals surface area contributed by atoms with E-state index >= 15 is 0 Å². The molecule has 0 radical (unpaired) electrons. The third-order valence-corrected chi connectivity index (χ3v) is 2.81. The van der Waals surface area contributed by atoms with Crippen LogP contribution in [0.15, 0.2) is 0 Å². The first-order valence-electron chi connectivity index (χ1n) is 6.62. The zero-order chi connectivity index (χ0) is 14.1. The van der Waals surface area contributed by atoms with Crippen LogP contribution in [0.4, 0.5) is 13.2 Å². The van der Waals surface area contributed by atoms with Gasteiger partial charge in [0.1, 0.15) is 6.61 Å². The summed E-state index contributed by atoms with van der Waals surface area (Å²) < 4.78 is 40.1. The van der Waals surface area contributed by atoms with Crippen molar-refractivity contribution in [2.24, 2.45) is 5.41 Å². The molecular weight excluding hydrogens is 243 g/mol. The normalized spacial score (nSPS) is 13.0. The van der Waals surface area contributed by atoms with Crippen molar-refractivity contribution in [1.82, 2.24) is 5.32 Å². The van der Waals surface area contributed by atoms with Crippen molar-refractivity contribution < 1.29 is 17.9 Å². The second-order valence-corrected chi connectivity index (χ2v) is 5.44. The van der Waals surface area contributed by atoms with E-state index in [-0.39, 0.29) is 12.0 Å². The molecule has 0 aliphatic carbocycles. The van der Waals surface area contributed by atoms with Gasteiger partial charge in [0, 0.05) is 6.61 Å². The Morgan fingerprint density at radius 1 is 1.06 bits per heavy atom. The van der Waals surface area contributed by atoms with Crippen LogP contribution in [0.3, 0.4) is 0 Å². The first-order chi connectivity index (χ1) is 8.27. The summed E-state index contributed by atoms with van der Waals surface area (Å²) in [5.41, 5.74) is 0.155. The van der Waals surface area contributed by atoms with Crippen LogP contribution >= 0.6 is 0 Å². The first kappa shape index (κ1) is 17.7. The SMILES string of the molecule is CCCNCCC(C)(C)CCCOCC(F)(F)F. The molecule has 0 aliphatic rings. The number of alkyl halides is 3. The van der Waals surface area contributed by atoms with Gasteiger partial charge in [-0.15, -0.1) is 0 Å². The highest BCUT2D eigenvalue weighted by atomic mass is 19.4. The van der Waals surface area contributed by atoms with Crippen molar-refractivity contribution in [1.29, 1.82) is 0 Å². The molecule has 110 valence electrons. The Hall–Kier alpha value is -0.290. The lowest BCUT2D eigenvalue weighted by Gasteiger charge is -2.24. The molecule has 2 nitrogen and oxygen atoms in total. The molecule has 0 aromatic carbocycles. The molecular formula is C13H26F3NO. The molecule has 0 fully saturated rings. The molecule has 0 saturated carbocycles. The monoisotopic (exact) mass is 269 g/mol. The Morgan fingerprint density at radius 2 is 1.72 bits per heavy atom. The first-order valence-corrected chi connectivity index (χ1v) is 6.62. The number of nitrogens with one attached hydrogen (secondary N) is 1. The van der Waals surface area contributed by atoms with Gasteiger partial charge in [-0.3, -0.25) is 0 Å². The fourth-order valence-corrected chi connectivity index (χ4v) is 1.69. The second kappa shape index (κ2) is 8.75. The van der Waals surface area contributed by atoms with E-state index in [1.54, 1.807) is 0 Å². The third kappa shape index (κ3) is 12.2. The van der Waals surface area contributed by atoms with Gasteiger partial charge >= 0.3 is 6.18 Å². The number of hydrogen-bond donors (Lipinski definition) is 1. The maximum atomic E-state index is 11.8. The summed E-state index contributed by atoms with van der Waals surface area (Å²) in [7, 11) is 0. The average Bonchev–Trinajstić information content (AvgIpc) is 2.22. The molecule has 18 heavy (non-hydrogen) atoms. The van der Waals surface area contributed by atoms with Crippen molar-refractivity contribution in [2.75, 3.05) is 26.3 Å². The Bertz CT molecular complexity index is 205. The minimum atomic E-state index is -4.21. The van der Waals surface area contributed by atoms with E-state index in [0.717, 1.165) is 32.4 Å².